The lowest BCUT2D eigenvalue weighted by Crippen LogP contribution is -2.61. The van der Waals surface area contributed by atoms with Gasteiger partial charge in [0.25, 0.3) is 5.97 Å². The fourth-order valence-electron chi connectivity index (χ4n) is 7.34. The van der Waals surface area contributed by atoms with E-state index >= 15 is 0 Å². The van der Waals surface area contributed by atoms with Crippen LogP contribution in [0, 0.1) is 11.8 Å². The van der Waals surface area contributed by atoms with Gasteiger partial charge in [-0.15, -0.1) is 0 Å². The number of carbonyl (C=O) groups excluding carboxylic acids is 11. The first kappa shape index (κ1) is 62.4. The molecule has 1 aromatic carbocycles. The molecule has 2 fully saturated rings. The molecule has 2 aliphatic rings. The molecule has 1 aromatic rings. The number of likely N-dealkylation sites (tertiary alicyclic amines) is 1. The van der Waals surface area contributed by atoms with Crippen LogP contribution < -0.4 is 60.2 Å². The minimum absolute atomic E-state index is 0.0468. The Morgan fingerprint density at radius 2 is 1.36 bits per heavy atom. The number of amides is 11. The second-order valence-electron chi connectivity index (χ2n) is 17.9. The van der Waals surface area contributed by atoms with Crippen molar-refractivity contribution in [2.45, 2.75) is 134 Å². The molecule has 2 saturated heterocycles. The summed E-state index contributed by atoms with van der Waals surface area (Å²) < 4.78 is 0. The summed E-state index contributed by atoms with van der Waals surface area (Å²) in [5.74, 6) is -11.2. The number of nitrogens with two attached hydrogens (primary N) is 4. The molecule has 406 valence electrons. The molecule has 0 radical (unpaired) electrons. The number of benzene rings is 1. The van der Waals surface area contributed by atoms with E-state index in [-0.39, 0.29) is 49.0 Å². The Morgan fingerprint density at radius 1 is 0.781 bits per heavy atom. The number of hydrogen-bond donors (Lipinski definition) is 13. The molecule has 73 heavy (non-hydrogen) atoms. The van der Waals surface area contributed by atoms with Crippen molar-refractivity contribution in [1.82, 2.24) is 42.1 Å². The number of rotatable bonds is 17. The number of aliphatic carboxylic acids is 1. The van der Waals surface area contributed by atoms with Gasteiger partial charge in [0, 0.05) is 37.8 Å². The predicted octanol–water partition coefficient (Wildman–Crippen LogP) is -3.52. The Bertz CT molecular complexity index is 2150. The van der Waals surface area contributed by atoms with Crippen LogP contribution in [0.5, 0.6) is 5.75 Å². The summed E-state index contributed by atoms with van der Waals surface area (Å²) in [5.41, 5.74) is 22.9. The molecule has 11 amide bonds. The quantitative estimate of drug-likeness (QED) is 0.0673. The van der Waals surface area contributed by atoms with E-state index in [0.717, 1.165) is 28.5 Å². The van der Waals surface area contributed by atoms with Crippen LogP contribution in [0.1, 0.15) is 85.1 Å². The summed E-state index contributed by atoms with van der Waals surface area (Å²) in [7, 11) is 2.05. The summed E-state index contributed by atoms with van der Waals surface area (Å²) in [5, 5.41) is 35.1. The number of primary amides is 3. The van der Waals surface area contributed by atoms with Crippen LogP contribution in [0.4, 0.5) is 0 Å². The lowest BCUT2D eigenvalue weighted by Gasteiger charge is -2.31. The van der Waals surface area contributed by atoms with Crippen molar-refractivity contribution >= 4 is 92.5 Å². The Hall–Kier alpha value is -6.68. The Morgan fingerprint density at radius 3 is 1.93 bits per heavy atom. The van der Waals surface area contributed by atoms with Crippen LogP contribution in [0.2, 0.25) is 0 Å². The fraction of sp³-hybridized carbons (Fsp3) is 0.600. The molecule has 0 bridgehead atoms. The average molecular weight is 1070 g/mol. The van der Waals surface area contributed by atoms with Gasteiger partial charge in [-0.25, -0.2) is 0 Å². The van der Waals surface area contributed by atoms with Gasteiger partial charge in [0.05, 0.1) is 19.0 Å². The highest BCUT2D eigenvalue weighted by molar-refractivity contribution is 8.76. The first-order chi connectivity index (χ1) is 34.2. The van der Waals surface area contributed by atoms with E-state index in [1.807, 2.05) is 13.8 Å². The van der Waals surface area contributed by atoms with E-state index in [0.29, 0.717) is 18.4 Å². The predicted molar refractivity (Wildman–Crippen MR) is 268 cm³/mol. The van der Waals surface area contributed by atoms with E-state index in [1.54, 1.807) is 13.8 Å². The molecule has 2 heterocycles. The van der Waals surface area contributed by atoms with E-state index < -0.39 is 151 Å². The maximum atomic E-state index is 14.5. The molecule has 26 nitrogen and oxygen atoms in total. The van der Waals surface area contributed by atoms with Crippen LogP contribution in [0.15, 0.2) is 24.3 Å². The second-order valence-corrected chi connectivity index (χ2v) is 20.5. The number of aromatic hydroxyl groups is 1. The van der Waals surface area contributed by atoms with Crippen LogP contribution >= 0.6 is 21.6 Å². The zero-order chi connectivity index (χ0) is 55.1. The Balaban J connectivity index is 0.00000439. The highest BCUT2D eigenvalue weighted by atomic mass is 33.1. The van der Waals surface area contributed by atoms with Crippen LogP contribution in [-0.2, 0) is 64.0 Å². The van der Waals surface area contributed by atoms with Gasteiger partial charge in [-0.1, -0.05) is 67.8 Å². The first-order valence-corrected chi connectivity index (χ1v) is 26.0. The SMILES string of the molecule is CC(=O)O.CC[C@H](C)C1NC(=O)[C@H](Cc2ccc(O)cc2)NC(=O)[C@@H](N)CSSC[C@@H](C(=O)N2CCC[C@H]2C(=O)N[C@@H](CC(C)C)C(=O)NCC(N)=O)NC(=O)[C@H](CC(N)=O)NC(=O)C(CCC(N)=O)NC1=O. The second kappa shape index (κ2) is 31.0. The van der Waals surface area contributed by atoms with Gasteiger partial charge in [-0.3, -0.25) is 57.5 Å². The average Bonchev–Trinajstić information content (AvgIpc) is 3.81. The highest BCUT2D eigenvalue weighted by Gasteiger charge is 2.41. The van der Waals surface area contributed by atoms with Crippen molar-refractivity contribution < 1.29 is 67.7 Å². The van der Waals surface area contributed by atoms with Crippen molar-refractivity contribution in [2.24, 2.45) is 34.8 Å². The summed E-state index contributed by atoms with van der Waals surface area (Å²) in [6.45, 7) is 7.69. The van der Waals surface area contributed by atoms with Crippen molar-refractivity contribution in [3.8, 4) is 5.75 Å². The summed E-state index contributed by atoms with van der Waals surface area (Å²) in [4.78, 5) is 157. The van der Waals surface area contributed by atoms with E-state index in [2.05, 4.69) is 37.2 Å². The topological polar surface area (TPSA) is 437 Å². The van der Waals surface area contributed by atoms with E-state index in [9.17, 15) is 57.8 Å². The molecule has 2 aliphatic heterocycles. The normalized spacial score (nSPS) is 23.3. The van der Waals surface area contributed by atoms with Gasteiger partial charge < -0.3 is 75.3 Å². The number of carbonyl (C=O) groups is 12. The number of hydrogen-bond acceptors (Lipinski definition) is 16. The van der Waals surface area contributed by atoms with Crippen molar-refractivity contribution in [3.63, 3.8) is 0 Å². The molecule has 0 aliphatic carbocycles. The van der Waals surface area contributed by atoms with Crippen LogP contribution in [0.25, 0.3) is 0 Å². The monoisotopic (exact) mass is 1070 g/mol. The Labute approximate surface area is 430 Å². The largest absolute Gasteiger partial charge is 0.508 e. The minimum Gasteiger partial charge on any atom is -0.508 e. The maximum Gasteiger partial charge on any atom is 0.300 e. The number of nitrogens with one attached hydrogen (secondary N) is 7. The molecule has 0 aromatic heterocycles. The van der Waals surface area contributed by atoms with Crippen LogP contribution in [-0.4, -0.2) is 159 Å². The molecule has 28 heteroatoms. The number of carboxylic acids is 1. The zero-order valence-electron chi connectivity index (χ0n) is 41.4. The molecular weight excluding hydrogens is 997 g/mol. The molecule has 0 spiro atoms. The molecule has 3 rings (SSSR count). The van der Waals surface area contributed by atoms with Gasteiger partial charge in [0.15, 0.2) is 0 Å². The third-order valence-electron chi connectivity index (χ3n) is 11.3. The standard InChI is InChI=1S/C43H66N12O12S2.C2H4O2/c1-5-22(4)35-42(66)49-26(12-13-32(45)57)38(62)51-29(17-33(46)58)39(63)53-30(20-69-68-19-25(44)36(60)50-28(40(64)54-35)16-23-8-10-24(56)11-9-23)43(67)55-14-6-7-31(55)41(65)52-27(15-21(2)3)37(61)48-18-34(47)59;1-2(3)4/h8-11,21-22,25-31,35,56H,5-7,12-20,44H2,1-4H3,(H2,45,57)(H2,46,58)(H2,47,59)(H,48,61)(H,49,66)(H,50,60)(H,51,62)(H,52,65)(H,53,63)(H,54,64);1H3,(H,3,4)/t22-,25-,26?,27-,28-,29-,30-,31-,35?;/m0./s1. The zero-order valence-corrected chi connectivity index (χ0v) is 43.1. The van der Waals surface area contributed by atoms with E-state index in [1.165, 1.54) is 29.2 Å². The molecule has 0 saturated carbocycles. The van der Waals surface area contributed by atoms with Gasteiger partial charge in [-0.2, -0.15) is 0 Å². The number of phenols is 1. The third kappa shape index (κ3) is 22.3. The third-order valence-corrected chi connectivity index (χ3v) is 13.7. The lowest BCUT2D eigenvalue weighted by atomic mass is 9.96. The van der Waals surface area contributed by atoms with E-state index in [4.69, 9.17) is 32.8 Å². The first-order valence-electron chi connectivity index (χ1n) is 23.5. The molecule has 9 atom stereocenters. The molecule has 2 unspecified atom stereocenters. The van der Waals surface area contributed by atoms with Gasteiger partial charge in [0.2, 0.25) is 65.0 Å². The van der Waals surface area contributed by atoms with Crippen molar-refractivity contribution in [2.75, 3.05) is 24.6 Å². The summed E-state index contributed by atoms with van der Waals surface area (Å²) in [6, 6.07) is -5.05. The molecule has 17 N–H and O–H groups in total. The van der Waals surface area contributed by atoms with Crippen molar-refractivity contribution in [1.29, 1.82) is 0 Å². The Kier molecular flexibility index (Phi) is 26.5. The fourth-order valence-corrected chi connectivity index (χ4v) is 9.62. The number of phenolic OH excluding ortho intramolecular Hbond substituents is 1. The number of nitrogens with zero attached hydrogens (tertiary/aromatic N) is 1. The van der Waals surface area contributed by atoms with Gasteiger partial charge in [-0.05, 0) is 55.2 Å². The highest BCUT2D eigenvalue weighted by Crippen LogP contribution is 2.26. The summed E-state index contributed by atoms with van der Waals surface area (Å²) in [6.07, 6.45) is -0.694. The smallest absolute Gasteiger partial charge is 0.300 e. The van der Waals surface area contributed by atoms with Gasteiger partial charge in [0.1, 0.15) is 48.0 Å². The van der Waals surface area contributed by atoms with Crippen LogP contribution in [0.3, 0.4) is 0 Å². The maximum absolute atomic E-state index is 14.5. The minimum atomic E-state index is -1.75. The van der Waals surface area contributed by atoms with Crippen molar-refractivity contribution in [3.05, 3.63) is 29.8 Å². The van der Waals surface area contributed by atoms with Gasteiger partial charge >= 0.3 is 0 Å². The molecular formula is C45H70N12O14S2. The summed E-state index contributed by atoms with van der Waals surface area (Å²) >= 11 is 0. The lowest BCUT2D eigenvalue weighted by molar-refractivity contribution is -0.142. The number of carboxylic acid groups (broad SMARTS) is 1.